The van der Waals surface area contributed by atoms with E-state index in [2.05, 4.69) is 5.32 Å². The molecule has 0 saturated heterocycles. The van der Waals surface area contributed by atoms with Crippen LogP contribution in [0.1, 0.15) is 45.0 Å². The molecule has 1 amide bonds. The molecule has 2 atom stereocenters. The van der Waals surface area contributed by atoms with Crippen LogP contribution in [0.4, 0.5) is 4.79 Å². The average Bonchev–Trinajstić information content (AvgIpc) is 2.45. The zero-order chi connectivity index (χ0) is 17.6. The summed E-state index contributed by atoms with van der Waals surface area (Å²) in [6.45, 7) is 8.11. The SMILES string of the molecule is CC(NC(=O)OC(C)(C)C)C(=O)OC(C)C(=O)c1ccccc1. The summed E-state index contributed by atoms with van der Waals surface area (Å²) in [5.74, 6) is -1.00. The number of carbonyl (C=O) groups is 3. The van der Waals surface area contributed by atoms with Crippen LogP contribution in [0.2, 0.25) is 0 Å². The molecule has 0 aromatic heterocycles. The molecular weight excluding hydrogens is 298 g/mol. The molecule has 0 heterocycles. The minimum absolute atomic E-state index is 0.302. The molecule has 1 N–H and O–H groups in total. The second-order valence-electron chi connectivity index (χ2n) is 6.18. The standard InChI is InChI=1S/C17H23NO5/c1-11(18-16(21)23-17(3,4)5)15(20)22-12(2)14(19)13-9-7-6-8-10-13/h6-12H,1-5H3,(H,18,21). The first-order valence-electron chi connectivity index (χ1n) is 7.39. The molecule has 0 aliphatic heterocycles. The highest BCUT2D eigenvalue weighted by atomic mass is 16.6. The number of esters is 1. The van der Waals surface area contributed by atoms with Gasteiger partial charge in [-0.25, -0.2) is 9.59 Å². The van der Waals surface area contributed by atoms with Crippen molar-refractivity contribution in [1.29, 1.82) is 0 Å². The van der Waals surface area contributed by atoms with Gasteiger partial charge in [0, 0.05) is 5.56 Å². The summed E-state index contributed by atoms with van der Waals surface area (Å²) in [6.07, 6.45) is -1.66. The van der Waals surface area contributed by atoms with Gasteiger partial charge in [0.25, 0.3) is 0 Å². The highest BCUT2D eigenvalue weighted by molar-refractivity contribution is 6.00. The first kappa shape index (κ1) is 18.7. The average molecular weight is 321 g/mol. The molecule has 23 heavy (non-hydrogen) atoms. The summed E-state index contributed by atoms with van der Waals surface area (Å²) in [5.41, 5.74) is -0.204. The highest BCUT2D eigenvalue weighted by Gasteiger charge is 2.25. The van der Waals surface area contributed by atoms with Crippen LogP contribution in [0.25, 0.3) is 0 Å². The fraction of sp³-hybridized carbons (Fsp3) is 0.471. The number of nitrogens with one attached hydrogen (secondary N) is 1. The molecule has 6 heteroatoms. The van der Waals surface area contributed by atoms with Crippen LogP contribution in [-0.2, 0) is 14.3 Å². The third-order valence-corrected chi connectivity index (χ3v) is 2.81. The third kappa shape index (κ3) is 6.50. The van der Waals surface area contributed by atoms with E-state index in [-0.39, 0.29) is 5.78 Å². The smallest absolute Gasteiger partial charge is 0.408 e. The predicted molar refractivity (Wildman–Crippen MR) is 85.2 cm³/mol. The van der Waals surface area contributed by atoms with Crippen molar-refractivity contribution in [3.63, 3.8) is 0 Å². The lowest BCUT2D eigenvalue weighted by atomic mass is 10.1. The molecule has 1 aromatic rings. The molecule has 0 aliphatic carbocycles. The quantitative estimate of drug-likeness (QED) is 0.666. The first-order chi connectivity index (χ1) is 10.6. The second-order valence-corrected chi connectivity index (χ2v) is 6.18. The number of hydrogen-bond acceptors (Lipinski definition) is 5. The maximum atomic E-state index is 12.1. The number of benzene rings is 1. The number of alkyl carbamates (subject to hydrolysis) is 1. The Morgan fingerprint density at radius 2 is 1.61 bits per heavy atom. The number of ether oxygens (including phenoxy) is 2. The Morgan fingerprint density at radius 1 is 1.04 bits per heavy atom. The van der Waals surface area contributed by atoms with E-state index in [9.17, 15) is 14.4 Å². The van der Waals surface area contributed by atoms with E-state index in [0.717, 1.165) is 0 Å². The molecule has 0 bridgehead atoms. The van der Waals surface area contributed by atoms with Gasteiger partial charge in [-0.3, -0.25) is 4.79 Å². The van der Waals surface area contributed by atoms with E-state index in [4.69, 9.17) is 9.47 Å². The van der Waals surface area contributed by atoms with Crippen molar-refractivity contribution in [3.05, 3.63) is 35.9 Å². The first-order valence-corrected chi connectivity index (χ1v) is 7.39. The fourth-order valence-corrected chi connectivity index (χ4v) is 1.71. The number of rotatable bonds is 5. The lowest BCUT2D eigenvalue weighted by Crippen LogP contribution is -2.43. The van der Waals surface area contributed by atoms with E-state index in [1.807, 2.05) is 0 Å². The van der Waals surface area contributed by atoms with Crippen molar-refractivity contribution in [2.75, 3.05) is 0 Å². The Hall–Kier alpha value is -2.37. The molecule has 0 fully saturated rings. The highest BCUT2D eigenvalue weighted by Crippen LogP contribution is 2.09. The summed E-state index contributed by atoms with van der Waals surface area (Å²) in [5, 5.41) is 2.37. The number of carbonyl (C=O) groups excluding carboxylic acids is 3. The van der Waals surface area contributed by atoms with Gasteiger partial charge in [0.15, 0.2) is 6.10 Å². The van der Waals surface area contributed by atoms with Gasteiger partial charge in [0.2, 0.25) is 5.78 Å². The topological polar surface area (TPSA) is 81.7 Å². The summed E-state index contributed by atoms with van der Waals surface area (Å²) >= 11 is 0. The van der Waals surface area contributed by atoms with E-state index < -0.39 is 29.8 Å². The van der Waals surface area contributed by atoms with Gasteiger partial charge >= 0.3 is 12.1 Å². The molecule has 2 unspecified atom stereocenters. The van der Waals surface area contributed by atoms with Gasteiger partial charge in [-0.05, 0) is 34.6 Å². The molecule has 1 rings (SSSR count). The second kappa shape index (κ2) is 7.76. The maximum Gasteiger partial charge on any atom is 0.408 e. The van der Waals surface area contributed by atoms with Crippen LogP contribution < -0.4 is 5.32 Å². The monoisotopic (exact) mass is 321 g/mol. The minimum Gasteiger partial charge on any atom is -0.453 e. The van der Waals surface area contributed by atoms with Gasteiger partial charge < -0.3 is 14.8 Å². The zero-order valence-corrected chi connectivity index (χ0v) is 14.1. The van der Waals surface area contributed by atoms with E-state index >= 15 is 0 Å². The van der Waals surface area contributed by atoms with Crippen molar-refractivity contribution >= 4 is 17.8 Å². The normalized spacial score (nSPS) is 13.6. The van der Waals surface area contributed by atoms with Gasteiger partial charge in [-0.1, -0.05) is 30.3 Å². The van der Waals surface area contributed by atoms with Crippen molar-refractivity contribution in [2.45, 2.75) is 52.4 Å². The van der Waals surface area contributed by atoms with Crippen LogP contribution in [0.15, 0.2) is 30.3 Å². The van der Waals surface area contributed by atoms with Crippen LogP contribution >= 0.6 is 0 Å². The zero-order valence-electron chi connectivity index (χ0n) is 14.1. The lowest BCUT2D eigenvalue weighted by Gasteiger charge is -2.22. The summed E-state index contributed by atoms with van der Waals surface area (Å²) in [6, 6.07) is 7.63. The van der Waals surface area contributed by atoms with Crippen molar-refractivity contribution in [3.8, 4) is 0 Å². The minimum atomic E-state index is -0.937. The Bertz CT molecular complexity index is 562. The molecule has 0 spiro atoms. The van der Waals surface area contributed by atoms with Gasteiger partial charge in [-0.15, -0.1) is 0 Å². The summed E-state index contributed by atoms with van der Waals surface area (Å²) in [4.78, 5) is 35.7. The van der Waals surface area contributed by atoms with Crippen LogP contribution in [0.3, 0.4) is 0 Å². The van der Waals surface area contributed by atoms with Crippen molar-refractivity contribution in [1.82, 2.24) is 5.32 Å². The molecular formula is C17H23NO5. The van der Waals surface area contributed by atoms with Gasteiger partial charge in [0.05, 0.1) is 0 Å². The van der Waals surface area contributed by atoms with Crippen LogP contribution in [0.5, 0.6) is 0 Å². The number of hydrogen-bond donors (Lipinski definition) is 1. The molecule has 126 valence electrons. The lowest BCUT2D eigenvalue weighted by molar-refractivity contribution is -0.148. The summed E-state index contributed by atoms with van der Waals surface area (Å²) < 4.78 is 10.2. The predicted octanol–water partition coefficient (Wildman–Crippen LogP) is 2.71. The van der Waals surface area contributed by atoms with Crippen LogP contribution in [0, 0.1) is 0 Å². The molecule has 0 radical (unpaired) electrons. The number of amides is 1. The Labute approximate surface area is 136 Å². The molecule has 0 saturated carbocycles. The Morgan fingerprint density at radius 3 is 2.13 bits per heavy atom. The van der Waals surface area contributed by atoms with Crippen molar-refractivity contribution in [2.24, 2.45) is 0 Å². The number of Topliss-reactive ketones (excluding diaryl/α,β-unsaturated/α-hetero) is 1. The Kier molecular flexibility index (Phi) is 6.30. The molecule has 0 aliphatic rings. The van der Waals surface area contributed by atoms with Crippen LogP contribution in [-0.4, -0.2) is 35.6 Å². The molecule has 6 nitrogen and oxygen atoms in total. The van der Waals surface area contributed by atoms with Crippen molar-refractivity contribution < 1.29 is 23.9 Å². The fourth-order valence-electron chi connectivity index (χ4n) is 1.71. The van der Waals surface area contributed by atoms with Gasteiger partial charge in [0.1, 0.15) is 11.6 Å². The summed E-state index contributed by atoms with van der Waals surface area (Å²) in [7, 11) is 0. The Balaban J connectivity index is 2.54. The molecule has 1 aromatic carbocycles. The third-order valence-electron chi connectivity index (χ3n) is 2.81. The largest absolute Gasteiger partial charge is 0.453 e. The van der Waals surface area contributed by atoms with E-state index in [1.54, 1.807) is 51.1 Å². The van der Waals surface area contributed by atoms with Gasteiger partial charge in [-0.2, -0.15) is 0 Å². The van der Waals surface area contributed by atoms with E-state index in [1.165, 1.54) is 13.8 Å². The van der Waals surface area contributed by atoms with E-state index in [0.29, 0.717) is 5.56 Å². The maximum absolute atomic E-state index is 12.1. The number of ketones is 1.